The third-order valence-corrected chi connectivity index (χ3v) is 2.67. The van der Waals surface area contributed by atoms with Crippen molar-refractivity contribution in [1.29, 1.82) is 0 Å². The predicted octanol–water partition coefficient (Wildman–Crippen LogP) is 1.63. The summed E-state index contributed by atoms with van der Waals surface area (Å²) in [5.74, 6) is -1.07. The first-order valence-corrected chi connectivity index (χ1v) is 5.44. The predicted molar refractivity (Wildman–Crippen MR) is 64.1 cm³/mol. The minimum atomic E-state index is -0.540. The molecule has 0 spiro atoms. The lowest BCUT2D eigenvalue weighted by atomic mass is 10.2. The summed E-state index contributed by atoms with van der Waals surface area (Å²) in [7, 11) is 0. The maximum Gasteiger partial charge on any atom is 0.255 e. The fourth-order valence-corrected chi connectivity index (χ4v) is 1.71. The Balaban J connectivity index is 2.40. The molecule has 0 unspecified atom stereocenters. The lowest BCUT2D eigenvalue weighted by Crippen LogP contribution is -2.25. The van der Waals surface area contributed by atoms with Gasteiger partial charge in [0.15, 0.2) is 0 Å². The van der Waals surface area contributed by atoms with Crippen molar-refractivity contribution in [3.63, 3.8) is 0 Å². The van der Waals surface area contributed by atoms with E-state index < -0.39 is 11.6 Å². The van der Waals surface area contributed by atoms with Crippen LogP contribution in [0.1, 0.15) is 11.1 Å². The third-order valence-electron chi connectivity index (χ3n) is 2.67. The highest BCUT2D eigenvalue weighted by molar-refractivity contribution is 5.20. The number of hydrogen-bond donors (Lipinski definition) is 1. The lowest BCUT2D eigenvalue weighted by Gasteiger charge is -2.08. The number of nitrogens with zero attached hydrogens (tertiary/aromatic N) is 1. The number of pyridine rings is 1. The Kier molecular flexibility index (Phi) is 3.53. The van der Waals surface area contributed by atoms with Crippen molar-refractivity contribution in [1.82, 2.24) is 4.57 Å². The highest BCUT2D eigenvalue weighted by atomic mass is 19.1. The Morgan fingerprint density at radius 1 is 1.17 bits per heavy atom. The maximum atomic E-state index is 13.5. The van der Waals surface area contributed by atoms with Crippen molar-refractivity contribution in [3.8, 4) is 0 Å². The Hall–Kier alpha value is -2.01. The summed E-state index contributed by atoms with van der Waals surface area (Å²) in [6.07, 6.45) is 1.52. The summed E-state index contributed by atoms with van der Waals surface area (Å²) >= 11 is 0. The van der Waals surface area contributed by atoms with Crippen molar-refractivity contribution in [2.24, 2.45) is 5.73 Å². The third kappa shape index (κ3) is 2.46. The van der Waals surface area contributed by atoms with Gasteiger partial charge >= 0.3 is 0 Å². The fraction of sp³-hybridized carbons (Fsp3) is 0.154. The molecule has 0 saturated carbocycles. The molecule has 0 amide bonds. The molecule has 5 heteroatoms. The van der Waals surface area contributed by atoms with E-state index in [9.17, 15) is 13.6 Å². The van der Waals surface area contributed by atoms with E-state index in [2.05, 4.69) is 0 Å². The fourth-order valence-electron chi connectivity index (χ4n) is 1.71. The highest BCUT2D eigenvalue weighted by Gasteiger charge is 2.07. The van der Waals surface area contributed by atoms with Crippen LogP contribution in [0.4, 0.5) is 8.78 Å². The molecule has 0 fully saturated rings. The van der Waals surface area contributed by atoms with Gasteiger partial charge in [-0.25, -0.2) is 8.78 Å². The molecule has 0 aliphatic rings. The van der Waals surface area contributed by atoms with E-state index in [1.165, 1.54) is 10.8 Å². The average Bonchev–Trinajstić information content (AvgIpc) is 2.36. The first-order chi connectivity index (χ1) is 8.61. The van der Waals surface area contributed by atoms with Gasteiger partial charge in [-0.2, -0.15) is 0 Å². The molecule has 1 aromatic heterocycles. The van der Waals surface area contributed by atoms with Crippen LogP contribution in [0.25, 0.3) is 0 Å². The molecule has 94 valence electrons. The van der Waals surface area contributed by atoms with Gasteiger partial charge in [-0.1, -0.05) is 6.07 Å². The van der Waals surface area contributed by atoms with Crippen molar-refractivity contribution < 1.29 is 8.78 Å². The zero-order valence-electron chi connectivity index (χ0n) is 9.57. The molecule has 0 aliphatic heterocycles. The van der Waals surface area contributed by atoms with Crippen LogP contribution in [0.3, 0.4) is 0 Å². The Labute approximate surface area is 102 Å². The zero-order chi connectivity index (χ0) is 13.1. The minimum absolute atomic E-state index is 0.0176. The van der Waals surface area contributed by atoms with Gasteiger partial charge in [0.1, 0.15) is 11.6 Å². The summed E-state index contributed by atoms with van der Waals surface area (Å²) in [4.78, 5) is 11.9. The Bertz CT molecular complexity index is 623. The summed E-state index contributed by atoms with van der Waals surface area (Å²) < 4.78 is 27.8. The van der Waals surface area contributed by atoms with E-state index in [0.717, 1.165) is 18.2 Å². The topological polar surface area (TPSA) is 48.0 Å². The number of halogens is 2. The van der Waals surface area contributed by atoms with E-state index in [1.807, 2.05) is 0 Å². The van der Waals surface area contributed by atoms with E-state index in [4.69, 9.17) is 5.73 Å². The minimum Gasteiger partial charge on any atom is -0.326 e. The molecule has 18 heavy (non-hydrogen) atoms. The summed E-state index contributed by atoms with van der Waals surface area (Å²) in [5.41, 5.74) is 5.70. The van der Waals surface area contributed by atoms with Crippen LogP contribution in [-0.2, 0) is 13.1 Å². The van der Waals surface area contributed by atoms with Gasteiger partial charge in [-0.05, 0) is 24.3 Å². The van der Waals surface area contributed by atoms with Crippen LogP contribution in [-0.4, -0.2) is 4.57 Å². The monoisotopic (exact) mass is 250 g/mol. The van der Waals surface area contributed by atoms with E-state index in [1.54, 1.807) is 12.1 Å². The Morgan fingerprint density at radius 3 is 2.67 bits per heavy atom. The van der Waals surface area contributed by atoms with Crippen LogP contribution >= 0.6 is 0 Å². The van der Waals surface area contributed by atoms with E-state index in [0.29, 0.717) is 5.56 Å². The molecule has 0 radical (unpaired) electrons. The van der Waals surface area contributed by atoms with Crippen LogP contribution in [0.15, 0.2) is 41.3 Å². The van der Waals surface area contributed by atoms with Gasteiger partial charge in [0, 0.05) is 23.9 Å². The molecule has 0 aliphatic carbocycles. The second-order valence-corrected chi connectivity index (χ2v) is 3.91. The van der Waals surface area contributed by atoms with Crippen molar-refractivity contribution >= 4 is 0 Å². The standard InChI is InChI=1S/C13H12F2N2O/c14-11-3-4-12(15)10(6-11)8-17-5-1-2-9(7-16)13(17)18/h1-6H,7-8,16H2. The number of hydrogen-bond acceptors (Lipinski definition) is 2. The van der Waals surface area contributed by atoms with Gasteiger partial charge < -0.3 is 10.3 Å². The molecular formula is C13H12F2N2O. The Morgan fingerprint density at radius 2 is 1.94 bits per heavy atom. The molecule has 2 rings (SSSR count). The van der Waals surface area contributed by atoms with Gasteiger partial charge in [0.25, 0.3) is 5.56 Å². The van der Waals surface area contributed by atoms with Gasteiger partial charge in [0.2, 0.25) is 0 Å². The SMILES string of the molecule is NCc1cccn(Cc2cc(F)ccc2F)c1=O. The summed E-state index contributed by atoms with van der Waals surface area (Å²) in [5, 5.41) is 0. The molecule has 0 bridgehead atoms. The second kappa shape index (κ2) is 5.10. The van der Waals surface area contributed by atoms with Gasteiger partial charge in [-0.15, -0.1) is 0 Å². The van der Waals surface area contributed by atoms with Crippen LogP contribution in [0.2, 0.25) is 0 Å². The first-order valence-electron chi connectivity index (χ1n) is 5.44. The van der Waals surface area contributed by atoms with Crippen LogP contribution in [0.5, 0.6) is 0 Å². The van der Waals surface area contributed by atoms with E-state index >= 15 is 0 Å². The molecular weight excluding hydrogens is 238 g/mol. The molecule has 3 nitrogen and oxygen atoms in total. The molecule has 2 aromatic rings. The van der Waals surface area contributed by atoms with Crippen molar-refractivity contribution in [2.45, 2.75) is 13.1 Å². The summed E-state index contributed by atoms with van der Waals surface area (Å²) in [6.45, 7) is 0.0988. The molecule has 1 aromatic carbocycles. The van der Waals surface area contributed by atoms with Crippen LogP contribution in [0, 0.1) is 11.6 Å². The first kappa shape index (κ1) is 12.4. The lowest BCUT2D eigenvalue weighted by molar-refractivity contribution is 0.574. The van der Waals surface area contributed by atoms with Gasteiger partial charge in [-0.3, -0.25) is 4.79 Å². The average molecular weight is 250 g/mol. The van der Waals surface area contributed by atoms with Crippen molar-refractivity contribution in [2.75, 3.05) is 0 Å². The number of benzene rings is 1. The number of rotatable bonds is 3. The highest BCUT2D eigenvalue weighted by Crippen LogP contribution is 2.10. The molecule has 2 N–H and O–H groups in total. The van der Waals surface area contributed by atoms with E-state index in [-0.39, 0.29) is 24.2 Å². The van der Waals surface area contributed by atoms with Gasteiger partial charge in [0.05, 0.1) is 6.54 Å². The molecule has 1 heterocycles. The number of aromatic nitrogens is 1. The maximum absolute atomic E-state index is 13.5. The second-order valence-electron chi connectivity index (χ2n) is 3.91. The number of nitrogens with two attached hydrogens (primary N) is 1. The van der Waals surface area contributed by atoms with Crippen LogP contribution < -0.4 is 11.3 Å². The van der Waals surface area contributed by atoms with Crippen molar-refractivity contribution in [3.05, 3.63) is 69.6 Å². The largest absolute Gasteiger partial charge is 0.326 e. The normalized spacial score (nSPS) is 10.6. The molecule has 0 saturated heterocycles. The smallest absolute Gasteiger partial charge is 0.255 e. The quantitative estimate of drug-likeness (QED) is 0.900. The molecule has 0 atom stereocenters. The zero-order valence-corrected chi connectivity index (χ0v) is 9.57. The summed E-state index contributed by atoms with van der Waals surface area (Å²) in [6, 6.07) is 6.43.